The predicted octanol–water partition coefficient (Wildman–Crippen LogP) is 6.32. The van der Waals surface area contributed by atoms with Gasteiger partial charge in [0.25, 0.3) is 0 Å². The molecule has 0 saturated heterocycles. The molecular formula is C23H30. The topological polar surface area (TPSA) is 0 Å². The van der Waals surface area contributed by atoms with E-state index in [-0.39, 0.29) is 0 Å². The van der Waals surface area contributed by atoms with Crippen molar-refractivity contribution in [2.24, 2.45) is 17.8 Å². The van der Waals surface area contributed by atoms with Gasteiger partial charge < -0.3 is 0 Å². The van der Waals surface area contributed by atoms with Crippen LogP contribution < -0.4 is 0 Å². The Morgan fingerprint density at radius 3 is 1.96 bits per heavy atom. The molecule has 0 amide bonds. The SMILES string of the molecule is C#Cc1ccc([C@H]2CC[C@H]([C@H]3CC[C@H](C=CC)CC3)CC2)cc1. The van der Waals surface area contributed by atoms with Gasteiger partial charge in [0.15, 0.2) is 0 Å². The van der Waals surface area contributed by atoms with E-state index in [0.29, 0.717) is 0 Å². The van der Waals surface area contributed by atoms with E-state index in [9.17, 15) is 0 Å². The molecule has 1 aromatic carbocycles. The van der Waals surface area contributed by atoms with E-state index >= 15 is 0 Å². The lowest BCUT2D eigenvalue weighted by Gasteiger charge is -2.37. The lowest BCUT2D eigenvalue weighted by Crippen LogP contribution is -2.25. The Bertz CT molecular complexity index is 541. The van der Waals surface area contributed by atoms with Gasteiger partial charge >= 0.3 is 0 Å². The molecule has 0 nitrogen and oxygen atoms in total. The molecule has 0 heteroatoms. The highest BCUT2D eigenvalue weighted by atomic mass is 14.4. The van der Waals surface area contributed by atoms with Crippen molar-refractivity contribution >= 4 is 0 Å². The zero-order valence-electron chi connectivity index (χ0n) is 14.5. The van der Waals surface area contributed by atoms with Gasteiger partial charge in [0.05, 0.1) is 0 Å². The van der Waals surface area contributed by atoms with Crippen LogP contribution in [0.4, 0.5) is 0 Å². The second-order valence-electron chi connectivity index (χ2n) is 7.58. The summed E-state index contributed by atoms with van der Waals surface area (Å²) in [5.74, 6) is 6.33. The van der Waals surface area contributed by atoms with Gasteiger partial charge in [-0.1, -0.05) is 30.2 Å². The van der Waals surface area contributed by atoms with Gasteiger partial charge in [0.1, 0.15) is 0 Å². The highest BCUT2D eigenvalue weighted by Gasteiger charge is 2.30. The second-order valence-corrected chi connectivity index (χ2v) is 7.58. The van der Waals surface area contributed by atoms with Crippen molar-refractivity contribution in [3.05, 3.63) is 47.5 Å². The van der Waals surface area contributed by atoms with Crippen LogP contribution in [0.25, 0.3) is 0 Å². The average molecular weight is 306 g/mol. The zero-order valence-corrected chi connectivity index (χ0v) is 14.5. The molecule has 2 saturated carbocycles. The molecule has 0 aromatic heterocycles. The Kier molecular flexibility index (Phi) is 5.60. The number of hydrogen-bond donors (Lipinski definition) is 0. The molecule has 2 fully saturated rings. The lowest BCUT2D eigenvalue weighted by atomic mass is 9.68. The summed E-state index contributed by atoms with van der Waals surface area (Å²) in [6.45, 7) is 2.16. The van der Waals surface area contributed by atoms with Crippen LogP contribution in [0.2, 0.25) is 0 Å². The van der Waals surface area contributed by atoms with Crippen molar-refractivity contribution in [3.63, 3.8) is 0 Å². The summed E-state index contributed by atoms with van der Waals surface area (Å²) in [5, 5.41) is 0. The highest BCUT2D eigenvalue weighted by Crippen LogP contribution is 2.44. The molecule has 0 aliphatic heterocycles. The third-order valence-electron chi connectivity index (χ3n) is 6.27. The number of hydrogen-bond acceptors (Lipinski definition) is 0. The second kappa shape index (κ2) is 7.87. The van der Waals surface area contributed by atoms with Gasteiger partial charge in [-0.2, -0.15) is 0 Å². The van der Waals surface area contributed by atoms with Gasteiger partial charge in [0.2, 0.25) is 0 Å². The summed E-state index contributed by atoms with van der Waals surface area (Å²) < 4.78 is 0. The fourth-order valence-electron chi connectivity index (χ4n) is 4.86. The minimum Gasteiger partial charge on any atom is -0.115 e. The predicted molar refractivity (Wildman–Crippen MR) is 99.3 cm³/mol. The Morgan fingerprint density at radius 2 is 1.43 bits per heavy atom. The summed E-state index contributed by atoms with van der Waals surface area (Å²) in [6, 6.07) is 8.71. The fourth-order valence-corrected chi connectivity index (χ4v) is 4.86. The molecule has 0 unspecified atom stereocenters. The van der Waals surface area contributed by atoms with Crippen molar-refractivity contribution in [2.45, 2.75) is 64.2 Å². The van der Waals surface area contributed by atoms with Crippen molar-refractivity contribution in [1.29, 1.82) is 0 Å². The Hall–Kier alpha value is -1.48. The monoisotopic (exact) mass is 306 g/mol. The van der Waals surface area contributed by atoms with E-state index < -0.39 is 0 Å². The fraction of sp³-hybridized carbons (Fsp3) is 0.565. The summed E-state index contributed by atoms with van der Waals surface area (Å²) in [7, 11) is 0. The molecule has 0 heterocycles. The molecule has 0 N–H and O–H groups in total. The quantitative estimate of drug-likeness (QED) is 0.452. The van der Waals surface area contributed by atoms with Crippen molar-refractivity contribution in [1.82, 2.24) is 0 Å². The first kappa shape index (κ1) is 16.4. The maximum absolute atomic E-state index is 5.45. The molecule has 0 atom stereocenters. The maximum atomic E-state index is 5.45. The normalized spacial score (nSPS) is 31.8. The van der Waals surface area contributed by atoms with E-state index in [0.717, 1.165) is 29.2 Å². The molecule has 23 heavy (non-hydrogen) atoms. The van der Waals surface area contributed by atoms with E-state index in [2.05, 4.69) is 49.3 Å². The van der Waals surface area contributed by atoms with Crippen molar-refractivity contribution in [2.75, 3.05) is 0 Å². The molecule has 0 radical (unpaired) electrons. The number of allylic oxidation sites excluding steroid dienone is 2. The molecule has 2 aliphatic rings. The van der Waals surface area contributed by atoms with Crippen molar-refractivity contribution in [3.8, 4) is 12.3 Å². The van der Waals surface area contributed by atoms with E-state index in [4.69, 9.17) is 6.42 Å². The van der Waals surface area contributed by atoms with Gasteiger partial charge in [0, 0.05) is 5.56 Å². The van der Waals surface area contributed by atoms with Gasteiger partial charge in [-0.05, 0) is 99.7 Å². The van der Waals surface area contributed by atoms with Gasteiger partial charge in [-0.25, -0.2) is 0 Å². The van der Waals surface area contributed by atoms with Crippen LogP contribution in [0.5, 0.6) is 0 Å². The van der Waals surface area contributed by atoms with Crippen molar-refractivity contribution < 1.29 is 0 Å². The highest BCUT2D eigenvalue weighted by molar-refractivity contribution is 5.35. The van der Waals surface area contributed by atoms with E-state index in [1.165, 1.54) is 56.9 Å². The van der Waals surface area contributed by atoms with Crippen LogP contribution in [0, 0.1) is 30.1 Å². The first-order valence-electron chi connectivity index (χ1n) is 9.49. The van der Waals surface area contributed by atoms with Crippen LogP contribution in [0.1, 0.15) is 75.3 Å². The van der Waals surface area contributed by atoms with Crippen LogP contribution in [0.3, 0.4) is 0 Å². The zero-order chi connectivity index (χ0) is 16.1. The molecule has 3 rings (SSSR count). The smallest absolute Gasteiger partial charge is 0.0242 e. The molecule has 0 spiro atoms. The number of terminal acetylenes is 1. The van der Waals surface area contributed by atoms with Crippen LogP contribution in [0.15, 0.2) is 36.4 Å². The standard InChI is InChI=1S/C23H30/c1-3-5-19-8-12-21(13-9-19)23-16-14-22(15-17-23)20-10-6-18(4-2)7-11-20/h2-3,5-7,10-11,19,21-23H,8-9,12-17H2,1H3/t19-,21-,22-,23-. The summed E-state index contributed by atoms with van der Waals surface area (Å²) in [6.07, 6.45) is 21.5. The number of rotatable bonds is 3. The Labute approximate surface area is 142 Å². The maximum Gasteiger partial charge on any atom is 0.0242 e. The van der Waals surface area contributed by atoms with E-state index in [1.807, 2.05) is 0 Å². The Balaban J connectivity index is 1.49. The van der Waals surface area contributed by atoms with Gasteiger partial charge in [-0.3, -0.25) is 0 Å². The van der Waals surface area contributed by atoms with E-state index in [1.54, 1.807) is 0 Å². The van der Waals surface area contributed by atoms with Crippen LogP contribution >= 0.6 is 0 Å². The molecule has 1 aromatic rings. The third-order valence-corrected chi connectivity index (χ3v) is 6.27. The summed E-state index contributed by atoms with van der Waals surface area (Å²) in [4.78, 5) is 0. The molecule has 122 valence electrons. The van der Waals surface area contributed by atoms with Crippen LogP contribution in [-0.2, 0) is 0 Å². The first-order valence-corrected chi connectivity index (χ1v) is 9.49. The first-order chi connectivity index (χ1) is 11.3. The lowest BCUT2D eigenvalue weighted by molar-refractivity contribution is 0.171. The minimum absolute atomic E-state index is 0.762. The minimum atomic E-state index is 0.762. The van der Waals surface area contributed by atoms with Crippen LogP contribution in [-0.4, -0.2) is 0 Å². The summed E-state index contributed by atoms with van der Waals surface area (Å²) >= 11 is 0. The Morgan fingerprint density at radius 1 is 0.870 bits per heavy atom. The molecule has 2 aliphatic carbocycles. The van der Waals surface area contributed by atoms with Gasteiger partial charge in [-0.15, -0.1) is 6.42 Å². The largest absolute Gasteiger partial charge is 0.115 e. The third kappa shape index (κ3) is 4.08. The summed E-state index contributed by atoms with van der Waals surface area (Å²) in [5.41, 5.74) is 2.50. The number of benzene rings is 1. The molecular weight excluding hydrogens is 276 g/mol. The average Bonchev–Trinajstić information content (AvgIpc) is 2.63. The molecule has 0 bridgehead atoms.